The molecule has 0 fully saturated rings. The van der Waals surface area contributed by atoms with Gasteiger partial charge in [-0.25, -0.2) is 4.98 Å². The molecular formula is C10H9BrN2O. The Morgan fingerprint density at radius 1 is 1.57 bits per heavy atom. The second-order valence-electron chi connectivity index (χ2n) is 3.08. The fourth-order valence-corrected chi connectivity index (χ4v) is 1.86. The van der Waals surface area contributed by atoms with E-state index in [1.54, 1.807) is 17.8 Å². The lowest BCUT2D eigenvalue weighted by atomic mass is 10.2. The number of alkyl halides is 1. The Labute approximate surface area is 89.5 Å². The van der Waals surface area contributed by atoms with Gasteiger partial charge in [0.05, 0.1) is 0 Å². The Balaban J connectivity index is 2.92. The normalized spacial score (nSPS) is 10.7. The summed E-state index contributed by atoms with van der Waals surface area (Å²) in [6.45, 7) is 0. The van der Waals surface area contributed by atoms with Crippen molar-refractivity contribution in [2.45, 2.75) is 5.33 Å². The highest BCUT2D eigenvalue weighted by atomic mass is 79.9. The van der Waals surface area contributed by atoms with Gasteiger partial charge in [-0.3, -0.25) is 9.36 Å². The maximum Gasteiger partial charge on any atom is 0.255 e. The Morgan fingerprint density at radius 3 is 3.07 bits per heavy atom. The van der Waals surface area contributed by atoms with Crippen LogP contribution in [0, 0.1) is 0 Å². The van der Waals surface area contributed by atoms with Crippen molar-refractivity contribution in [1.82, 2.24) is 9.55 Å². The number of nitrogens with zero attached hydrogens (tertiary/aromatic N) is 2. The van der Waals surface area contributed by atoms with Crippen molar-refractivity contribution in [1.29, 1.82) is 0 Å². The molecule has 0 atom stereocenters. The lowest BCUT2D eigenvalue weighted by molar-refractivity contribution is 0.875. The third-order valence-corrected chi connectivity index (χ3v) is 2.79. The van der Waals surface area contributed by atoms with Crippen LogP contribution in [-0.4, -0.2) is 9.55 Å². The van der Waals surface area contributed by atoms with Gasteiger partial charge in [0.15, 0.2) is 0 Å². The molecule has 0 N–H and O–H groups in total. The first-order valence-corrected chi connectivity index (χ1v) is 5.36. The molecule has 0 saturated carbocycles. The first-order chi connectivity index (χ1) is 6.74. The number of pyridine rings is 2. The Hall–Kier alpha value is -1.16. The van der Waals surface area contributed by atoms with Gasteiger partial charge in [0, 0.05) is 29.5 Å². The molecule has 4 heteroatoms. The van der Waals surface area contributed by atoms with Gasteiger partial charge in [0.2, 0.25) is 0 Å². The van der Waals surface area contributed by atoms with E-state index in [2.05, 4.69) is 20.9 Å². The van der Waals surface area contributed by atoms with Crippen molar-refractivity contribution in [3.8, 4) is 0 Å². The molecule has 0 aliphatic rings. The van der Waals surface area contributed by atoms with Crippen LogP contribution in [-0.2, 0) is 12.4 Å². The van der Waals surface area contributed by atoms with Gasteiger partial charge in [-0.15, -0.1) is 0 Å². The van der Waals surface area contributed by atoms with Crippen LogP contribution in [0.4, 0.5) is 0 Å². The molecule has 0 spiro atoms. The van der Waals surface area contributed by atoms with Gasteiger partial charge in [0.1, 0.15) is 5.65 Å². The highest BCUT2D eigenvalue weighted by molar-refractivity contribution is 9.08. The number of hydrogen-bond donors (Lipinski definition) is 0. The van der Waals surface area contributed by atoms with Crippen molar-refractivity contribution in [3.05, 3.63) is 40.3 Å². The summed E-state index contributed by atoms with van der Waals surface area (Å²) in [5, 5.41) is 1.56. The summed E-state index contributed by atoms with van der Waals surface area (Å²) in [5.74, 6) is 0. The van der Waals surface area contributed by atoms with Gasteiger partial charge in [-0.05, 0) is 18.2 Å². The average molecular weight is 253 g/mol. The Bertz CT molecular complexity index is 533. The monoisotopic (exact) mass is 252 g/mol. The van der Waals surface area contributed by atoms with Crippen LogP contribution in [0.15, 0.2) is 29.2 Å². The van der Waals surface area contributed by atoms with E-state index in [1.165, 1.54) is 0 Å². The molecule has 2 aromatic rings. The maximum atomic E-state index is 11.7. The van der Waals surface area contributed by atoms with E-state index < -0.39 is 0 Å². The molecule has 0 amide bonds. The summed E-state index contributed by atoms with van der Waals surface area (Å²) in [4.78, 5) is 15.9. The predicted molar refractivity (Wildman–Crippen MR) is 59.6 cm³/mol. The fraction of sp³-hybridized carbons (Fsp3) is 0.200. The zero-order chi connectivity index (χ0) is 10.1. The quantitative estimate of drug-likeness (QED) is 0.726. The van der Waals surface area contributed by atoms with E-state index in [1.807, 2.05) is 18.2 Å². The van der Waals surface area contributed by atoms with Gasteiger partial charge in [-0.2, -0.15) is 0 Å². The number of rotatable bonds is 1. The minimum atomic E-state index is 0.00748. The van der Waals surface area contributed by atoms with Crippen molar-refractivity contribution >= 4 is 27.0 Å². The van der Waals surface area contributed by atoms with Crippen molar-refractivity contribution < 1.29 is 0 Å². The fourth-order valence-electron chi connectivity index (χ4n) is 1.46. The van der Waals surface area contributed by atoms with Crippen molar-refractivity contribution in [2.24, 2.45) is 7.05 Å². The van der Waals surface area contributed by atoms with Gasteiger partial charge < -0.3 is 0 Å². The third-order valence-electron chi connectivity index (χ3n) is 2.19. The lowest BCUT2D eigenvalue weighted by Crippen LogP contribution is -2.20. The zero-order valence-corrected chi connectivity index (χ0v) is 9.28. The van der Waals surface area contributed by atoms with Gasteiger partial charge in [0.25, 0.3) is 5.56 Å². The summed E-state index contributed by atoms with van der Waals surface area (Å²) in [6, 6.07) is 5.69. The second kappa shape index (κ2) is 3.53. The third kappa shape index (κ3) is 1.35. The van der Waals surface area contributed by atoms with Crippen molar-refractivity contribution in [2.75, 3.05) is 0 Å². The van der Waals surface area contributed by atoms with Crippen LogP contribution in [0.5, 0.6) is 0 Å². The molecule has 0 unspecified atom stereocenters. The van der Waals surface area contributed by atoms with E-state index in [0.29, 0.717) is 5.33 Å². The first-order valence-electron chi connectivity index (χ1n) is 4.23. The smallest absolute Gasteiger partial charge is 0.255 e. The van der Waals surface area contributed by atoms with E-state index in [-0.39, 0.29) is 5.56 Å². The summed E-state index contributed by atoms with van der Waals surface area (Å²) in [6.07, 6.45) is 1.69. The summed E-state index contributed by atoms with van der Waals surface area (Å²) in [5.41, 5.74) is 1.49. The largest absolute Gasteiger partial charge is 0.296 e. The van der Waals surface area contributed by atoms with E-state index >= 15 is 0 Å². The molecule has 2 rings (SSSR count). The lowest BCUT2D eigenvalue weighted by Gasteiger charge is -2.05. The maximum absolute atomic E-state index is 11.7. The second-order valence-corrected chi connectivity index (χ2v) is 3.64. The number of aryl methyl sites for hydroxylation is 1. The number of fused-ring (bicyclic) bond motifs is 1. The molecule has 2 heterocycles. The van der Waals surface area contributed by atoms with Crippen LogP contribution in [0.3, 0.4) is 0 Å². The molecule has 0 aliphatic heterocycles. The van der Waals surface area contributed by atoms with Crippen LogP contribution < -0.4 is 5.56 Å². The highest BCUT2D eigenvalue weighted by Gasteiger charge is 2.05. The summed E-state index contributed by atoms with van der Waals surface area (Å²) in [7, 11) is 1.74. The molecule has 0 bridgehead atoms. The number of halogens is 1. The number of hydrogen-bond acceptors (Lipinski definition) is 2. The minimum absolute atomic E-state index is 0.00748. The average Bonchev–Trinajstić information content (AvgIpc) is 2.23. The Morgan fingerprint density at radius 2 is 2.36 bits per heavy atom. The molecule has 0 aromatic carbocycles. The van der Waals surface area contributed by atoms with Crippen LogP contribution in [0.2, 0.25) is 0 Å². The molecule has 0 radical (unpaired) electrons. The topological polar surface area (TPSA) is 34.9 Å². The number of aromatic nitrogens is 2. The van der Waals surface area contributed by atoms with Gasteiger partial charge in [-0.1, -0.05) is 15.9 Å². The van der Waals surface area contributed by atoms with Crippen LogP contribution in [0.1, 0.15) is 5.56 Å². The minimum Gasteiger partial charge on any atom is -0.296 e. The zero-order valence-electron chi connectivity index (χ0n) is 7.70. The standard InChI is InChI=1S/C10H9BrN2O/c1-13-9-7(3-2-4-12-9)5-8(6-11)10(13)14/h2-5H,6H2,1H3. The molecule has 72 valence electrons. The highest BCUT2D eigenvalue weighted by Crippen LogP contribution is 2.10. The van der Waals surface area contributed by atoms with Crippen molar-refractivity contribution in [3.63, 3.8) is 0 Å². The molecule has 0 aliphatic carbocycles. The van der Waals surface area contributed by atoms with E-state index in [9.17, 15) is 4.79 Å². The summed E-state index contributed by atoms with van der Waals surface area (Å²) < 4.78 is 1.58. The van der Waals surface area contributed by atoms with Crippen LogP contribution in [0.25, 0.3) is 11.0 Å². The van der Waals surface area contributed by atoms with E-state index in [0.717, 1.165) is 16.6 Å². The van der Waals surface area contributed by atoms with Crippen LogP contribution >= 0.6 is 15.9 Å². The molecule has 0 saturated heterocycles. The predicted octanol–water partition coefficient (Wildman–Crippen LogP) is 1.83. The molecule has 14 heavy (non-hydrogen) atoms. The molecule has 3 nitrogen and oxygen atoms in total. The molecule has 2 aromatic heterocycles. The summed E-state index contributed by atoms with van der Waals surface area (Å²) >= 11 is 3.29. The first kappa shape index (κ1) is 9.40. The SMILES string of the molecule is Cn1c(=O)c(CBr)cc2cccnc21. The Kier molecular flexibility index (Phi) is 2.37. The van der Waals surface area contributed by atoms with E-state index in [4.69, 9.17) is 0 Å². The molecular weight excluding hydrogens is 244 g/mol. The van der Waals surface area contributed by atoms with Gasteiger partial charge >= 0.3 is 0 Å².